The van der Waals surface area contributed by atoms with Gasteiger partial charge in [-0.25, -0.2) is 9.13 Å². The lowest BCUT2D eigenvalue weighted by molar-refractivity contribution is 0.292. The summed E-state index contributed by atoms with van der Waals surface area (Å²) in [6.07, 6.45) is 0. The second kappa shape index (κ2) is 11.5. The average molecular weight is 697 g/mol. The molecule has 0 saturated heterocycles. The van der Waals surface area contributed by atoms with Gasteiger partial charge in [0.25, 0.3) is 0 Å². The molecule has 0 fully saturated rings. The van der Waals surface area contributed by atoms with Crippen molar-refractivity contribution in [3.8, 4) is 45.3 Å². The molecule has 8 aromatic carbocycles. The van der Waals surface area contributed by atoms with E-state index in [-0.39, 0.29) is 0 Å². The van der Waals surface area contributed by atoms with Crippen molar-refractivity contribution in [2.24, 2.45) is 0 Å². The fourth-order valence-electron chi connectivity index (χ4n) is 6.88. The van der Waals surface area contributed by atoms with Gasteiger partial charge in [-0.3, -0.25) is 9.79 Å². The van der Waals surface area contributed by atoms with Gasteiger partial charge in [0, 0.05) is 22.3 Å². The number of hydrogen-bond donors (Lipinski definition) is 2. The maximum atomic E-state index is 12.4. The number of fused-ring (bicyclic) bond motifs is 14. The van der Waals surface area contributed by atoms with Crippen LogP contribution < -0.4 is 18.1 Å². The van der Waals surface area contributed by atoms with Crippen LogP contribution in [0.25, 0.3) is 65.3 Å². The Labute approximate surface area is 285 Å². The van der Waals surface area contributed by atoms with Crippen molar-refractivity contribution in [1.29, 1.82) is 0 Å². The first-order valence-electron chi connectivity index (χ1n) is 15.8. The summed E-state index contributed by atoms with van der Waals surface area (Å²) in [5, 5.41) is 7.89. The van der Waals surface area contributed by atoms with Crippen LogP contribution in [0.15, 0.2) is 146 Å². The van der Waals surface area contributed by atoms with Gasteiger partial charge in [0.15, 0.2) is 0 Å². The van der Waals surface area contributed by atoms with E-state index in [0.717, 1.165) is 65.3 Å². The Morgan fingerprint density at radius 1 is 0.320 bits per heavy atom. The molecule has 0 unspecified atom stereocenters. The van der Waals surface area contributed by atoms with Gasteiger partial charge in [0.1, 0.15) is 23.0 Å². The molecule has 10 rings (SSSR count). The Bertz CT molecular complexity index is 2410. The van der Waals surface area contributed by atoms with Crippen LogP contribution in [0.3, 0.4) is 0 Å². The van der Waals surface area contributed by atoms with Gasteiger partial charge in [0.2, 0.25) is 0 Å². The summed E-state index contributed by atoms with van der Waals surface area (Å²) in [7, 11) is -8.50. The molecule has 0 atom stereocenters. The Morgan fingerprint density at radius 3 is 0.780 bits per heavy atom. The van der Waals surface area contributed by atoms with E-state index in [1.807, 2.05) is 121 Å². The maximum Gasteiger partial charge on any atom is 0.584 e. The van der Waals surface area contributed by atoms with Gasteiger partial charge in [-0.2, -0.15) is 0 Å². The molecule has 244 valence electrons. The Hall–Kier alpha value is -5.62. The van der Waals surface area contributed by atoms with Gasteiger partial charge < -0.3 is 18.1 Å². The summed E-state index contributed by atoms with van der Waals surface area (Å²) in [4.78, 5) is 20.2. The van der Waals surface area contributed by atoms with Crippen molar-refractivity contribution in [2.45, 2.75) is 0 Å². The van der Waals surface area contributed by atoms with Crippen LogP contribution in [0.5, 0.6) is 23.0 Å². The SMILES string of the molecule is O=P1(O)Oc2ccc3ccccc3c2-c2c(ccc3ccccc23)O1.O=P1(O)Oc2ccc3ccccc3c2-c2c(ccc3ccccc23)O1. The van der Waals surface area contributed by atoms with E-state index in [1.54, 1.807) is 24.3 Å². The van der Waals surface area contributed by atoms with E-state index in [0.29, 0.717) is 23.0 Å². The fraction of sp³-hybridized carbons (Fsp3) is 0. The van der Waals surface area contributed by atoms with Gasteiger partial charge in [-0.1, -0.05) is 121 Å². The van der Waals surface area contributed by atoms with Crippen molar-refractivity contribution >= 4 is 58.7 Å². The molecule has 10 heteroatoms. The molecule has 0 aromatic heterocycles. The largest absolute Gasteiger partial charge is 0.584 e. The summed E-state index contributed by atoms with van der Waals surface area (Å²) in [6.45, 7) is 0. The van der Waals surface area contributed by atoms with Gasteiger partial charge in [-0.05, 0) is 67.4 Å². The molecule has 8 aromatic rings. The molecular weight excluding hydrogens is 670 g/mol. The molecule has 8 nitrogen and oxygen atoms in total. The highest BCUT2D eigenvalue weighted by Crippen LogP contribution is 2.58. The minimum absolute atomic E-state index is 0.347. The van der Waals surface area contributed by atoms with E-state index in [9.17, 15) is 18.9 Å². The molecule has 50 heavy (non-hydrogen) atoms. The number of phosphoric ester groups is 2. The first-order valence-corrected chi connectivity index (χ1v) is 18.8. The Morgan fingerprint density at radius 2 is 0.540 bits per heavy atom. The van der Waals surface area contributed by atoms with Gasteiger partial charge in [-0.15, -0.1) is 0 Å². The standard InChI is InChI=1S/2C20H13O4P/c2*21-25(22)23-17-11-9-13-5-1-3-7-15(13)19(17)20-16-8-4-2-6-14(16)10-12-18(20)24-25/h2*1-12H,(H,21,22). The monoisotopic (exact) mass is 696 g/mol. The summed E-state index contributed by atoms with van der Waals surface area (Å²) in [6, 6.07) is 46.0. The molecule has 0 radical (unpaired) electrons. The molecule has 2 aliphatic rings. The molecule has 2 heterocycles. The molecular formula is C40H26O8P2. The minimum atomic E-state index is -4.25. The van der Waals surface area contributed by atoms with Crippen LogP contribution in [-0.4, -0.2) is 9.79 Å². The van der Waals surface area contributed by atoms with Crippen LogP contribution in [0.2, 0.25) is 0 Å². The molecule has 0 spiro atoms. The average Bonchev–Trinajstić information content (AvgIpc) is 3.33. The second-order valence-electron chi connectivity index (χ2n) is 11.9. The van der Waals surface area contributed by atoms with Crippen LogP contribution in [0.4, 0.5) is 0 Å². The summed E-state index contributed by atoms with van der Waals surface area (Å²) in [5.74, 6) is 1.39. The zero-order chi connectivity index (χ0) is 34.0. The summed E-state index contributed by atoms with van der Waals surface area (Å²) >= 11 is 0. The highest BCUT2D eigenvalue weighted by molar-refractivity contribution is 7.48. The predicted octanol–water partition coefficient (Wildman–Crippen LogP) is 11.1. The van der Waals surface area contributed by atoms with Crippen molar-refractivity contribution in [3.05, 3.63) is 146 Å². The topological polar surface area (TPSA) is 112 Å². The Kier molecular flexibility index (Phi) is 6.99. The van der Waals surface area contributed by atoms with E-state index < -0.39 is 15.6 Å². The third kappa shape index (κ3) is 5.18. The summed E-state index contributed by atoms with van der Waals surface area (Å²) in [5.41, 5.74) is 3.10. The predicted molar refractivity (Wildman–Crippen MR) is 196 cm³/mol. The number of rotatable bonds is 0. The number of benzene rings is 8. The van der Waals surface area contributed by atoms with Crippen LogP contribution in [0, 0.1) is 0 Å². The summed E-state index contributed by atoms with van der Waals surface area (Å²) < 4.78 is 46.2. The van der Waals surface area contributed by atoms with Gasteiger partial charge in [0.05, 0.1) is 0 Å². The number of phosphoric acid groups is 2. The Balaban J connectivity index is 0.000000135. The van der Waals surface area contributed by atoms with E-state index >= 15 is 0 Å². The fourth-order valence-corrected chi connectivity index (χ4v) is 8.55. The highest BCUT2D eigenvalue weighted by atomic mass is 31.2. The highest BCUT2D eigenvalue weighted by Gasteiger charge is 2.35. The molecule has 2 N–H and O–H groups in total. The van der Waals surface area contributed by atoms with Crippen molar-refractivity contribution in [2.75, 3.05) is 0 Å². The normalized spacial score (nSPS) is 14.9. The van der Waals surface area contributed by atoms with E-state index in [2.05, 4.69) is 0 Å². The third-order valence-corrected chi connectivity index (χ3v) is 10.6. The van der Waals surface area contributed by atoms with Crippen molar-refractivity contribution in [1.82, 2.24) is 0 Å². The van der Waals surface area contributed by atoms with Crippen molar-refractivity contribution < 1.29 is 37.0 Å². The maximum absolute atomic E-state index is 12.4. The number of hydrogen-bond acceptors (Lipinski definition) is 6. The van der Waals surface area contributed by atoms with Crippen molar-refractivity contribution in [3.63, 3.8) is 0 Å². The lowest BCUT2D eigenvalue weighted by Crippen LogP contribution is -1.97. The lowest BCUT2D eigenvalue weighted by Gasteiger charge is -2.13. The molecule has 0 amide bonds. The molecule has 0 aliphatic carbocycles. The third-order valence-electron chi connectivity index (χ3n) is 8.92. The quantitative estimate of drug-likeness (QED) is 0.151. The van der Waals surface area contributed by atoms with E-state index in [1.165, 1.54) is 0 Å². The lowest BCUT2D eigenvalue weighted by atomic mass is 9.92. The molecule has 2 aliphatic heterocycles. The van der Waals surface area contributed by atoms with Crippen LogP contribution in [0.1, 0.15) is 0 Å². The first-order chi connectivity index (χ1) is 24.2. The van der Waals surface area contributed by atoms with Crippen LogP contribution >= 0.6 is 15.6 Å². The second-order valence-corrected chi connectivity index (χ2v) is 14.5. The van der Waals surface area contributed by atoms with E-state index in [4.69, 9.17) is 18.1 Å². The van der Waals surface area contributed by atoms with Gasteiger partial charge >= 0.3 is 15.6 Å². The molecule has 0 bridgehead atoms. The minimum Gasteiger partial charge on any atom is -0.395 e. The zero-order valence-electron chi connectivity index (χ0n) is 26.1. The molecule has 0 saturated carbocycles. The van der Waals surface area contributed by atoms with Crippen LogP contribution in [-0.2, 0) is 9.13 Å². The first kappa shape index (κ1) is 30.4. The smallest absolute Gasteiger partial charge is 0.395 e. The zero-order valence-corrected chi connectivity index (χ0v) is 27.9.